The van der Waals surface area contributed by atoms with Crippen LogP contribution in [0.15, 0.2) is 24.3 Å². The Labute approximate surface area is 160 Å². The molecule has 0 spiro atoms. The molecule has 1 saturated heterocycles. The van der Waals surface area contributed by atoms with Gasteiger partial charge in [0.2, 0.25) is 11.8 Å². The van der Waals surface area contributed by atoms with Crippen molar-refractivity contribution in [3.05, 3.63) is 24.3 Å². The molecule has 1 rings (SSSR count). The summed E-state index contributed by atoms with van der Waals surface area (Å²) in [6.45, 7) is 3.90. The van der Waals surface area contributed by atoms with E-state index < -0.39 is 23.9 Å². The predicted molar refractivity (Wildman–Crippen MR) is 94.2 cm³/mol. The molecule has 0 radical (unpaired) electrons. The normalized spacial score (nSPS) is 17.9. The Morgan fingerprint density at radius 2 is 1.18 bits per heavy atom. The molecule has 2 unspecified atom stereocenters. The van der Waals surface area contributed by atoms with Gasteiger partial charge in [-0.3, -0.25) is 14.9 Å². The van der Waals surface area contributed by atoms with Crippen LogP contribution in [0, 0.1) is 11.8 Å². The lowest BCUT2D eigenvalue weighted by Crippen LogP contribution is -2.22. The van der Waals surface area contributed by atoms with Crippen molar-refractivity contribution in [2.24, 2.45) is 11.8 Å². The summed E-state index contributed by atoms with van der Waals surface area (Å²) in [5.41, 5.74) is 0. The van der Waals surface area contributed by atoms with Gasteiger partial charge in [0.05, 0.1) is 0 Å². The molecule has 5 N–H and O–H groups in total. The molecule has 0 aromatic rings. The molecule has 1 aliphatic heterocycles. The lowest BCUT2D eigenvalue weighted by molar-refractivity contribution is -0.134. The summed E-state index contributed by atoms with van der Waals surface area (Å²) in [5.74, 6) is -5.41. The molecule has 1 heterocycles. The smallest absolute Gasteiger partial charge is 0.328 e. The van der Waals surface area contributed by atoms with Crippen LogP contribution in [0.3, 0.4) is 0 Å². The van der Waals surface area contributed by atoms with Crippen LogP contribution in [0.25, 0.3) is 0 Å². The molecule has 0 aromatic carbocycles. The van der Waals surface area contributed by atoms with Crippen molar-refractivity contribution in [1.82, 2.24) is 5.32 Å². The first-order valence-corrected chi connectivity index (χ1v) is 8.04. The Morgan fingerprint density at radius 1 is 0.821 bits per heavy atom. The number of hydrogen-bond acceptors (Lipinski definition) is 6. The van der Waals surface area contributed by atoms with Crippen molar-refractivity contribution < 1.29 is 49.2 Å². The van der Waals surface area contributed by atoms with Crippen LogP contribution >= 0.6 is 0 Å². The van der Waals surface area contributed by atoms with Crippen LogP contribution in [0.5, 0.6) is 0 Å². The maximum atomic E-state index is 11.2. The second kappa shape index (κ2) is 14.6. The van der Waals surface area contributed by atoms with Crippen LogP contribution < -0.4 is 5.32 Å². The summed E-state index contributed by atoms with van der Waals surface area (Å²) in [6, 6.07) is 0. The number of rotatable bonds is 7. The van der Waals surface area contributed by atoms with Gasteiger partial charge in [-0.05, 0) is 6.42 Å². The number of nitrogens with one attached hydrogen (secondary N) is 1. The molecule has 0 bridgehead atoms. The van der Waals surface area contributed by atoms with Gasteiger partial charge in [-0.25, -0.2) is 19.2 Å². The van der Waals surface area contributed by atoms with Gasteiger partial charge in [-0.15, -0.1) is 0 Å². The Hall–Kier alpha value is -3.50. The van der Waals surface area contributed by atoms with Gasteiger partial charge in [-0.2, -0.15) is 0 Å². The van der Waals surface area contributed by atoms with Crippen LogP contribution in [-0.2, 0) is 28.8 Å². The summed E-state index contributed by atoms with van der Waals surface area (Å²) in [5, 5.41) is 33.6. The Bertz CT molecular complexity index is 584. The number of unbranched alkanes of at least 4 members (excludes halogenated alkanes) is 1. The van der Waals surface area contributed by atoms with Crippen LogP contribution in [-0.4, -0.2) is 56.1 Å². The van der Waals surface area contributed by atoms with Crippen LogP contribution in [0.2, 0.25) is 0 Å². The van der Waals surface area contributed by atoms with E-state index in [4.69, 9.17) is 20.4 Å². The Balaban J connectivity index is 0. The molecule has 0 aliphatic carbocycles. The second-order valence-electron chi connectivity index (χ2n) is 5.41. The van der Waals surface area contributed by atoms with E-state index in [0.717, 1.165) is 19.3 Å². The first kappa shape index (κ1) is 26.7. The minimum atomic E-state index is -1.26. The minimum absolute atomic E-state index is 0.0718. The number of carboxylic acids is 4. The molecule has 2 amide bonds. The fraction of sp³-hybridized carbons (Fsp3) is 0.412. The van der Waals surface area contributed by atoms with E-state index >= 15 is 0 Å². The molecule has 11 nitrogen and oxygen atoms in total. The average molecular weight is 401 g/mol. The zero-order valence-corrected chi connectivity index (χ0v) is 15.3. The van der Waals surface area contributed by atoms with Crippen LogP contribution in [0.4, 0.5) is 0 Å². The van der Waals surface area contributed by atoms with Crippen molar-refractivity contribution in [2.45, 2.75) is 33.1 Å². The molecule has 1 fully saturated rings. The second-order valence-corrected chi connectivity index (χ2v) is 5.41. The van der Waals surface area contributed by atoms with E-state index in [0.29, 0.717) is 24.3 Å². The SMILES string of the molecule is CCCCC1C(=O)NC(=O)C1C.O=C(O)/C=C\C(=O)O.O=C(O)/C=C\C(=O)O. The molecular formula is C17H23NO10. The molecule has 2 atom stereocenters. The van der Waals surface area contributed by atoms with E-state index in [9.17, 15) is 28.8 Å². The maximum Gasteiger partial charge on any atom is 0.328 e. The quantitative estimate of drug-likeness (QED) is 0.296. The van der Waals surface area contributed by atoms with E-state index in [1.165, 1.54) is 0 Å². The first-order valence-electron chi connectivity index (χ1n) is 8.04. The van der Waals surface area contributed by atoms with Gasteiger partial charge in [0.25, 0.3) is 0 Å². The van der Waals surface area contributed by atoms with E-state index in [1.807, 2.05) is 6.92 Å². The first-order chi connectivity index (χ1) is 12.9. The van der Waals surface area contributed by atoms with Gasteiger partial charge in [-0.1, -0.05) is 26.7 Å². The third-order valence-corrected chi connectivity index (χ3v) is 3.21. The summed E-state index contributed by atoms with van der Waals surface area (Å²) < 4.78 is 0. The van der Waals surface area contributed by atoms with Crippen molar-refractivity contribution in [3.8, 4) is 0 Å². The Kier molecular flexibility index (Phi) is 14.0. The number of imide groups is 1. The molecule has 1 aliphatic rings. The van der Waals surface area contributed by atoms with Crippen molar-refractivity contribution in [1.29, 1.82) is 0 Å². The highest BCUT2D eigenvalue weighted by Gasteiger charge is 2.37. The van der Waals surface area contributed by atoms with Crippen molar-refractivity contribution >= 4 is 35.7 Å². The summed E-state index contributed by atoms with van der Waals surface area (Å²) in [7, 11) is 0. The highest BCUT2D eigenvalue weighted by molar-refractivity contribution is 6.04. The summed E-state index contributed by atoms with van der Waals surface area (Å²) in [6.07, 6.45) is 5.17. The highest BCUT2D eigenvalue weighted by atomic mass is 16.4. The molecule has 28 heavy (non-hydrogen) atoms. The largest absolute Gasteiger partial charge is 0.478 e. The van der Waals surface area contributed by atoms with Gasteiger partial charge in [0, 0.05) is 36.1 Å². The van der Waals surface area contributed by atoms with Gasteiger partial charge < -0.3 is 20.4 Å². The van der Waals surface area contributed by atoms with Crippen molar-refractivity contribution in [3.63, 3.8) is 0 Å². The molecular weight excluding hydrogens is 378 g/mol. The maximum absolute atomic E-state index is 11.2. The predicted octanol–water partition coefficient (Wildman–Crippen LogP) is 0.509. The number of carbonyl (C=O) groups is 6. The number of amides is 2. The molecule has 11 heteroatoms. The number of aliphatic carboxylic acids is 4. The monoisotopic (exact) mass is 401 g/mol. The fourth-order valence-corrected chi connectivity index (χ4v) is 1.83. The van der Waals surface area contributed by atoms with Gasteiger partial charge in [0.1, 0.15) is 0 Å². The lowest BCUT2D eigenvalue weighted by atomic mass is 9.92. The number of carbonyl (C=O) groups excluding carboxylic acids is 2. The van der Waals surface area contributed by atoms with Crippen LogP contribution in [0.1, 0.15) is 33.1 Å². The minimum Gasteiger partial charge on any atom is -0.478 e. The third-order valence-electron chi connectivity index (χ3n) is 3.21. The Morgan fingerprint density at radius 3 is 1.39 bits per heavy atom. The fourth-order valence-electron chi connectivity index (χ4n) is 1.83. The van der Waals surface area contributed by atoms with E-state index in [2.05, 4.69) is 12.2 Å². The molecule has 156 valence electrons. The highest BCUT2D eigenvalue weighted by Crippen LogP contribution is 2.23. The van der Waals surface area contributed by atoms with E-state index in [-0.39, 0.29) is 23.7 Å². The lowest BCUT2D eigenvalue weighted by Gasteiger charge is -2.08. The van der Waals surface area contributed by atoms with Gasteiger partial charge in [0.15, 0.2) is 0 Å². The molecule has 0 aromatic heterocycles. The molecule has 0 saturated carbocycles. The van der Waals surface area contributed by atoms with E-state index in [1.54, 1.807) is 0 Å². The van der Waals surface area contributed by atoms with Crippen molar-refractivity contribution in [2.75, 3.05) is 0 Å². The summed E-state index contributed by atoms with van der Waals surface area (Å²) >= 11 is 0. The standard InChI is InChI=1S/C9H15NO2.2C4H4O4/c1-3-4-5-7-6(2)8(11)10-9(7)12;2*5-3(6)1-2-4(7)8/h6-7H,3-5H2,1-2H3,(H,10,11,12);2*1-2H,(H,5,6)(H,7,8)/b;2*2-1-. The summed E-state index contributed by atoms with van der Waals surface area (Å²) in [4.78, 5) is 60.4. The zero-order chi connectivity index (χ0) is 22.3. The van der Waals surface area contributed by atoms with Gasteiger partial charge >= 0.3 is 23.9 Å². The average Bonchev–Trinajstić information content (AvgIpc) is 2.83. The zero-order valence-electron chi connectivity index (χ0n) is 15.3. The topological polar surface area (TPSA) is 195 Å². The number of hydrogen-bond donors (Lipinski definition) is 5. The third kappa shape index (κ3) is 14.8. The number of carboxylic acid groups (broad SMARTS) is 4.